The predicted molar refractivity (Wildman–Crippen MR) is 73.4 cm³/mol. The summed E-state index contributed by atoms with van der Waals surface area (Å²) in [7, 11) is 1.67. The third-order valence-electron chi connectivity index (χ3n) is 3.13. The van der Waals surface area contributed by atoms with E-state index in [0.717, 1.165) is 24.2 Å². The molecule has 0 aliphatic heterocycles. The summed E-state index contributed by atoms with van der Waals surface area (Å²) in [6, 6.07) is 9.69. The molecule has 2 atom stereocenters. The normalized spacial score (nSPS) is 14.3. The molecule has 0 amide bonds. The van der Waals surface area contributed by atoms with Crippen LogP contribution in [0.3, 0.4) is 0 Å². The van der Waals surface area contributed by atoms with Crippen LogP contribution >= 0.6 is 0 Å². The minimum atomic E-state index is -0.283. The molecule has 2 aromatic rings. The van der Waals surface area contributed by atoms with E-state index < -0.39 is 0 Å². The molecule has 5 heteroatoms. The highest BCUT2D eigenvalue weighted by Crippen LogP contribution is 2.29. The summed E-state index contributed by atoms with van der Waals surface area (Å²) in [5.74, 6) is 0. The van der Waals surface area contributed by atoms with Gasteiger partial charge < -0.3 is 10.5 Å². The second-order valence-corrected chi connectivity index (χ2v) is 4.47. The fourth-order valence-corrected chi connectivity index (χ4v) is 2.20. The Balaban J connectivity index is 2.25. The van der Waals surface area contributed by atoms with Crippen molar-refractivity contribution >= 4 is 0 Å². The zero-order chi connectivity index (χ0) is 13.7. The molecule has 19 heavy (non-hydrogen) atoms. The number of ether oxygens (including phenoxy) is 1. The number of hydrogen-bond donors (Lipinski definition) is 1. The fourth-order valence-electron chi connectivity index (χ4n) is 2.20. The fraction of sp³-hybridized carbons (Fsp3) is 0.429. The highest BCUT2D eigenvalue weighted by Gasteiger charge is 2.24. The molecule has 0 bridgehead atoms. The Hall–Kier alpha value is -1.72. The molecule has 1 aromatic heterocycles. The first-order valence-electron chi connectivity index (χ1n) is 6.49. The number of nitrogens with two attached hydrogens (primary N) is 1. The molecule has 2 unspecified atom stereocenters. The summed E-state index contributed by atoms with van der Waals surface area (Å²) < 4.78 is 7.41. The standard InChI is InChI=1S/C14H20N4O/c1-3-9-18-12(10-16-17-18)13(15)14(19-2)11-7-5-4-6-8-11/h4-8,10,13-14H,3,9,15H2,1-2H3. The maximum absolute atomic E-state index is 6.33. The summed E-state index contributed by atoms with van der Waals surface area (Å²) in [5, 5.41) is 8.02. The van der Waals surface area contributed by atoms with Crippen LogP contribution in [-0.4, -0.2) is 22.1 Å². The van der Waals surface area contributed by atoms with Crippen molar-refractivity contribution in [3.63, 3.8) is 0 Å². The van der Waals surface area contributed by atoms with Gasteiger partial charge >= 0.3 is 0 Å². The van der Waals surface area contributed by atoms with Crippen molar-refractivity contribution in [2.24, 2.45) is 5.73 Å². The van der Waals surface area contributed by atoms with Gasteiger partial charge in [-0.3, -0.25) is 0 Å². The summed E-state index contributed by atoms with van der Waals surface area (Å²) in [6.45, 7) is 2.91. The van der Waals surface area contributed by atoms with Crippen LogP contribution < -0.4 is 5.73 Å². The first-order chi connectivity index (χ1) is 9.27. The maximum Gasteiger partial charge on any atom is 0.103 e. The lowest BCUT2D eigenvalue weighted by Gasteiger charge is -2.23. The molecule has 1 heterocycles. The van der Waals surface area contributed by atoms with Gasteiger partial charge in [0.25, 0.3) is 0 Å². The largest absolute Gasteiger partial charge is 0.375 e. The predicted octanol–water partition coefficient (Wildman–Crippen LogP) is 2.08. The maximum atomic E-state index is 6.33. The van der Waals surface area contributed by atoms with E-state index in [-0.39, 0.29) is 12.1 Å². The molecular formula is C14H20N4O. The molecule has 0 fully saturated rings. The third-order valence-corrected chi connectivity index (χ3v) is 3.13. The van der Waals surface area contributed by atoms with Crippen molar-refractivity contribution in [2.45, 2.75) is 32.0 Å². The minimum Gasteiger partial charge on any atom is -0.375 e. The molecule has 0 saturated heterocycles. The van der Waals surface area contributed by atoms with Crippen LogP contribution in [0.25, 0.3) is 0 Å². The molecule has 2 N–H and O–H groups in total. The van der Waals surface area contributed by atoms with E-state index in [1.165, 1.54) is 0 Å². The number of hydrogen-bond acceptors (Lipinski definition) is 4. The number of benzene rings is 1. The van der Waals surface area contributed by atoms with Crippen molar-refractivity contribution in [3.05, 3.63) is 47.8 Å². The Labute approximate surface area is 113 Å². The number of aromatic nitrogens is 3. The van der Waals surface area contributed by atoms with Gasteiger partial charge in [0.15, 0.2) is 0 Å². The Morgan fingerprint density at radius 3 is 2.68 bits per heavy atom. The number of aryl methyl sites for hydroxylation is 1. The Morgan fingerprint density at radius 2 is 2.05 bits per heavy atom. The topological polar surface area (TPSA) is 66.0 Å². The van der Waals surface area contributed by atoms with Crippen LogP contribution in [0.5, 0.6) is 0 Å². The van der Waals surface area contributed by atoms with Crippen molar-refractivity contribution in [3.8, 4) is 0 Å². The van der Waals surface area contributed by atoms with Gasteiger partial charge in [0.1, 0.15) is 6.10 Å². The molecule has 0 aliphatic rings. The van der Waals surface area contributed by atoms with E-state index in [4.69, 9.17) is 10.5 Å². The molecule has 1 aromatic carbocycles. The molecule has 0 saturated carbocycles. The number of nitrogens with zero attached hydrogens (tertiary/aromatic N) is 3. The van der Waals surface area contributed by atoms with Gasteiger partial charge in [0, 0.05) is 13.7 Å². The summed E-state index contributed by atoms with van der Waals surface area (Å²) in [4.78, 5) is 0. The lowest BCUT2D eigenvalue weighted by atomic mass is 10.0. The van der Waals surface area contributed by atoms with Gasteiger partial charge in [-0.25, -0.2) is 4.68 Å². The molecule has 0 radical (unpaired) electrons. The first kappa shape index (κ1) is 13.7. The van der Waals surface area contributed by atoms with Gasteiger partial charge in [0.2, 0.25) is 0 Å². The Kier molecular flexibility index (Phi) is 4.65. The van der Waals surface area contributed by atoms with Crippen molar-refractivity contribution in [1.82, 2.24) is 15.0 Å². The van der Waals surface area contributed by atoms with E-state index in [1.54, 1.807) is 13.3 Å². The SMILES string of the molecule is CCCn1nncc1C(N)C(OC)c1ccccc1. The summed E-state index contributed by atoms with van der Waals surface area (Å²) in [5.41, 5.74) is 8.29. The molecule has 5 nitrogen and oxygen atoms in total. The zero-order valence-electron chi connectivity index (χ0n) is 11.4. The van der Waals surface area contributed by atoms with Crippen LogP contribution in [0.4, 0.5) is 0 Å². The average molecular weight is 260 g/mol. The van der Waals surface area contributed by atoms with Crippen molar-refractivity contribution in [1.29, 1.82) is 0 Å². The average Bonchev–Trinajstić information content (AvgIpc) is 2.89. The van der Waals surface area contributed by atoms with Gasteiger partial charge in [-0.05, 0) is 12.0 Å². The molecular weight excluding hydrogens is 240 g/mol. The Morgan fingerprint density at radius 1 is 1.32 bits per heavy atom. The smallest absolute Gasteiger partial charge is 0.103 e. The van der Waals surface area contributed by atoms with Crippen LogP contribution in [-0.2, 0) is 11.3 Å². The van der Waals surface area contributed by atoms with Crippen molar-refractivity contribution in [2.75, 3.05) is 7.11 Å². The third kappa shape index (κ3) is 3.00. The van der Waals surface area contributed by atoms with Crippen LogP contribution in [0, 0.1) is 0 Å². The molecule has 0 spiro atoms. The van der Waals surface area contributed by atoms with Crippen LogP contribution in [0.15, 0.2) is 36.5 Å². The van der Waals surface area contributed by atoms with Crippen molar-refractivity contribution < 1.29 is 4.74 Å². The quantitative estimate of drug-likeness (QED) is 0.863. The van der Waals surface area contributed by atoms with E-state index in [2.05, 4.69) is 17.2 Å². The van der Waals surface area contributed by atoms with Crippen LogP contribution in [0.1, 0.15) is 36.7 Å². The zero-order valence-corrected chi connectivity index (χ0v) is 11.4. The van der Waals surface area contributed by atoms with Gasteiger partial charge in [-0.15, -0.1) is 5.10 Å². The van der Waals surface area contributed by atoms with Crippen LogP contribution in [0.2, 0.25) is 0 Å². The summed E-state index contributed by atoms with van der Waals surface area (Å²) >= 11 is 0. The first-order valence-corrected chi connectivity index (χ1v) is 6.49. The summed E-state index contributed by atoms with van der Waals surface area (Å²) in [6.07, 6.45) is 2.51. The molecule has 102 valence electrons. The van der Waals surface area contributed by atoms with E-state index in [0.29, 0.717) is 0 Å². The second-order valence-electron chi connectivity index (χ2n) is 4.47. The molecule has 0 aliphatic carbocycles. The number of methoxy groups -OCH3 is 1. The lowest BCUT2D eigenvalue weighted by Crippen LogP contribution is -2.24. The van der Waals surface area contributed by atoms with E-state index in [9.17, 15) is 0 Å². The number of rotatable bonds is 6. The highest BCUT2D eigenvalue weighted by atomic mass is 16.5. The van der Waals surface area contributed by atoms with E-state index >= 15 is 0 Å². The van der Waals surface area contributed by atoms with E-state index in [1.807, 2.05) is 35.0 Å². The minimum absolute atomic E-state index is 0.199. The van der Waals surface area contributed by atoms with Gasteiger partial charge in [0.05, 0.1) is 17.9 Å². The monoisotopic (exact) mass is 260 g/mol. The highest BCUT2D eigenvalue weighted by molar-refractivity contribution is 5.21. The van der Waals surface area contributed by atoms with Gasteiger partial charge in [-0.2, -0.15) is 0 Å². The Bertz CT molecular complexity index is 497. The second kappa shape index (κ2) is 6.45. The molecule has 2 rings (SSSR count). The lowest BCUT2D eigenvalue weighted by molar-refractivity contribution is 0.0775. The van der Waals surface area contributed by atoms with Gasteiger partial charge in [-0.1, -0.05) is 42.5 Å².